The van der Waals surface area contributed by atoms with Gasteiger partial charge in [-0.1, -0.05) is 12.1 Å². The zero-order valence-electron chi connectivity index (χ0n) is 16.1. The van der Waals surface area contributed by atoms with E-state index in [0.29, 0.717) is 31.2 Å². The topological polar surface area (TPSA) is 89.3 Å². The zero-order chi connectivity index (χ0) is 20.1. The highest BCUT2D eigenvalue weighted by Crippen LogP contribution is 2.30. The molecule has 0 spiro atoms. The predicted molar refractivity (Wildman–Crippen MR) is 112 cm³/mol. The molecule has 0 atom stereocenters. The number of amides is 1. The van der Waals surface area contributed by atoms with Crippen LogP contribution in [0.25, 0.3) is 22.6 Å². The normalized spacial score (nSPS) is 11.4. The van der Waals surface area contributed by atoms with Crippen molar-refractivity contribution in [2.24, 2.45) is 0 Å². The molecule has 0 fully saturated rings. The number of carbonyl (C=O) groups is 1. The van der Waals surface area contributed by atoms with Crippen LogP contribution in [-0.2, 0) is 4.74 Å². The number of alkyl carbamates (subject to hydrolysis) is 1. The maximum atomic E-state index is 11.7. The van der Waals surface area contributed by atoms with Gasteiger partial charge < -0.3 is 19.8 Å². The molecule has 2 N–H and O–H groups in total. The minimum atomic E-state index is -0.502. The average molecular weight is 447 g/mol. The lowest BCUT2D eigenvalue weighted by molar-refractivity contribution is 0.0528. The Balaban J connectivity index is 1.61. The van der Waals surface area contributed by atoms with E-state index >= 15 is 0 Å². The van der Waals surface area contributed by atoms with Crippen molar-refractivity contribution in [2.75, 3.05) is 18.4 Å². The van der Waals surface area contributed by atoms with Crippen molar-refractivity contribution >= 4 is 38.9 Å². The van der Waals surface area contributed by atoms with Gasteiger partial charge in [0.05, 0.1) is 5.56 Å². The summed E-state index contributed by atoms with van der Waals surface area (Å²) in [4.78, 5) is 20.6. The molecule has 0 radical (unpaired) electrons. The molecule has 3 aromatic rings. The molecule has 1 amide bonds. The molecule has 0 bridgehead atoms. The number of ether oxygens (including phenoxy) is 1. The third-order valence-corrected chi connectivity index (χ3v) is 4.13. The highest BCUT2D eigenvalue weighted by atomic mass is 79.9. The Bertz CT molecular complexity index is 932. The molecule has 0 aliphatic rings. The Hall–Kier alpha value is -2.61. The summed E-state index contributed by atoms with van der Waals surface area (Å²) in [6.07, 6.45) is 2.01. The summed E-state index contributed by atoms with van der Waals surface area (Å²) >= 11 is 3.45. The number of para-hydroxylation sites is 2. The molecule has 0 unspecified atom stereocenters. The van der Waals surface area contributed by atoms with Crippen LogP contribution in [0.1, 0.15) is 27.2 Å². The number of nitrogens with zero attached hydrogens (tertiary/aromatic N) is 2. The van der Waals surface area contributed by atoms with Gasteiger partial charge >= 0.3 is 6.09 Å². The minimum Gasteiger partial charge on any atom is -0.444 e. The molecule has 7 nitrogen and oxygen atoms in total. The van der Waals surface area contributed by atoms with E-state index < -0.39 is 11.7 Å². The van der Waals surface area contributed by atoms with E-state index in [1.165, 1.54) is 0 Å². The number of fused-ring (bicyclic) bond motifs is 1. The fraction of sp³-hybridized carbons (Fsp3) is 0.350. The lowest BCUT2D eigenvalue weighted by atomic mass is 10.2. The zero-order valence-corrected chi connectivity index (χ0v) is 17.7. The summed E-state index contributed by atoms with van der Waals surface area (Å²) in [5.41, 5.74) is 1.79. The van der Waals surface area contributed by atoms with Crippen LogP contribution < -0.4 is 10.6 Å². The number of aromatic nitrogens is 2. The SMILES string of the molecule is CC(C)(C)OC(=O)NCCCNc1ncc(Br)cc1-c1nc2ccccc2o1. The molecule has 2 aromatic heterocycles. The first-order valence-corrected chi connectivity index (χ1v) is 9.83. The van der Waals surface area contributed by atoms with Gasteiger partial charge in [0, 0.05) is 23.8 Å². The molecule has 2 heterocycles. The van der Waals surface area contributed by atoms with Crippen molar-refractivity contribution in [2.45, 2.75) is 32.8 Å². The second-order valence-corrected chi connectivity index (χ2v) is 8.16. The van der Waals surface area contributed by atoms with E-state index in [2.05, 4.69) is 36.5 Å². The molecule has 0 aliphatic carbocycles. The van der Waals surface area contributed by atoms with Crippen LogP contribution in [-0.4, -0.2) is 34.8 Å². The molecule has 3 rings (SSSR count). The first-order chi connectivity index (χ1) is 13.3. The molecular weight excluding hydrogens is 424 g/mol. The predicted octanol–water partition coefficient (Wildman–Crippen LogP) is 4.98. The van der Waals surface area contributed by atoms with Crippen molar-refractivity contribution in [1.82, 2.24) is 15.3 Å². The van der Waals surface area contributed by atoms with Crippen LogP contribution in [0.15, 0.2) is 45.4 Å². The summed E-state index contributed by atoms with van der Waals surface area (Å²) < 4.78 is 11.9. The quantitative estimate of drug-likeness (QED) is 0.519. The summed E-state index contributed by atoms with van der Waals surface area (Å²) in [5.74, 6) is 1.18. The van der Waals surface area contributed by atoms with E-state index in [4.69, 9.17) is 9.15 Å². The number of halogens is 1. The van der Waals surface area contributed by atoms with Crippen LogP contribution in [0.5, 0.6) is 0 Å². The highest BCUT2D eigenvalue weighted by molar-refractivity contribution is 9.10. The second kappa shape index (κ2) is 8.60. The van der Waals surface area contributed by atoms with Gasteiger partial charge in [-0.25, -0.2) is 14.8 Å². The van der Waals surface area contributed by atoms with E-state index in [9.17, 15) is 4.79 Å². The lowest BCUT2D eigenvalue weighted by Crippen LogP contribution is -2.33. The van der Waals surface area contributed by atoms with E-state index in [-0.39, 0.29) is 0 Å². The van der Waals surface area contributed by atoms with E-state index in [0.717, 1.165) is 21.1 Å². The lowest BCUT2D eigenvalue weighted by Gasteiger charge is -2.19. The number of hydrogen-bond acceptors (Lipinski definition) is 6. The summed E-state index contributed by atoms with van der Waals surface area (Å²) in [7, 11) is 0. The van der Waals surface area contributed by atoms with Crippen molar-refractivity contribution in [3.05, 3.63) is 41.0 Å². The fourth-order valence-electron chi connectivity index (χ4n) is 2.53. The van der Waals surface area contributed by atoms with E-state index in [1.54, 1.807) is 6.20 Å². The first-order valence-electron chi connectivity index (χ1n) is 9.04. The van der Waals surface area contributed by atoms with Crippen LogP contribution in [0, 0.1) is 0 Å². The van der Waals surface area contributed by atoms with Gasteiger partial charge in [-0.3, -0.25) is 0 Å². The molecule has 148 valence electrons. The number of anilines is 1. The maximum absolute atomic E-state index is 11.7. The monoisotopic (exact) mass is 446 g/mol. The third-order valence-electron chi connectivity index (χ3n) is 3.69. The van der Waals surface area contributed by atoms with Crippen LogP contribution in [0.2, 0.25) is 0 Å². The molecule has 0 saturated carbocycles. The summed E-state index contributed by atoms with van der Waals surface area (Å²) in [6, 6.07) is 9.53. The summed E-state index contributed by atoms with van der Waals surface area (Å²) in [6.45, 7) is 6.62. The van der Waals surface area contributed by atoms with Crippen LogP contribution >= 0.6 is 15.9 Å². The smallest absolute Gasteiger partial charge is 0.407 e. The number of benzene rings is 1. The minimum absolute atomic E-state index is 0.415. The van der Waals surface area contributed by atoms with Crippen molar-refractivity contribution in [1.29, 1.82) is 0 Å². The fourth-order valence-corrected chi connectivity index (χ4v) is 2.86. The second-order valence-electron chi connectivity index (χ2n) is 7.25. The maximum Gasteiger partial charge on any atom is 0.407 e. The van der Waals surface area contributed by atoms with Crippen LogP contribution in [0.3, 0.4) is 0 Å². The van der Waals surface area contributed by atoms with Crippen molar-refractivity contribution < 1.29 is 13.9 Å². The molecule has 0 aliphatic heterocycles. The Labute approximate surface area is 172 Å². The Morgan fingerprint density at radius 1 is 1.25 bits per heavy atom. The number of carbonyl (C=O) groups excluding carboxylic acids is 1. The van der Waals surface area contributed by atoms with Gasteiger partial charge in [-0.05, 0) is 61.3 Å². The molecular formula is C20H23BrN4O3. The van der Waals surface area contributed by atoms with Gasteiger partial charge in [-0.15, -0.1) is 0 Å². The van der Waals surface area contributed by atoms with Gasteiger partial charge in [0.1, 0.15) is 16.9 Å². The standard InChI is InChI=1S/C20H23BrN4O3/c1-20(2,3)28-19(26)23-10-6-9-22-17-14(11-13(21)12-24-17)18-25-15-7-4-5-8-16(15)27-18/h4-5,7-8,11-12H,6,9-10H2,1-3H3,(H,22,24)(H,23,26). The van der Waals surface area contributed by atoms with Crippen LogP contribution in [0.4, 0.5) is 10.6 Å². The average Bonchev–Trinajstić information content (AvgIpc) is 3.05. The van der Waals surface area contributed by atoms with Gasteiger partial charge in [-0.2, -0.15) is 0 Å². The Morgan fingerprint density at radius 3 is 2.79 bits per heavy atom. The largest absolute Gasteiger partial charge is 0.444 e. The molecule has 8 heteroatoms. The molecule has 28 heavy (non-hydrogen) atoms. The third kappa shape index (κ3) is 5.45. The molecule has 0 saturated heterocycles. The van der Waals surface area contributed by atoms with Gasteiger partial charge in [0.15, 0.2) is 5.58 Å². The summed E-state index contributed by atoms with van der Waals surface area (Å²) in [5, 5.41) is 6.02. The number of pyridine rings is 1. The van der Waals surface area contributed by atoms with Gasteiger partial charge in [0.25, 0.3) is 0 Å². The van der Waals surface area contributed by atoms with Crippen molar-refractivity contribution in [3.63, 3.8) is 0 Å². The molecule has 1 aromatic carbocycles. The number of hydrogen-bond donors (Lipinski definition) is 2. The first kappa shape index (κ1) is 20.1. The highest BCUT2D eigenvalue weighted by Gasteiger charge is 2.16. The van der Waals surface area contributed by atoms with Gasteiger partial charge in [0.2, 0.25) is 5.89 Å². The number of rotatable bonds is 6. The number of oxazole rings is 1. The van der Waals surface area contributed by atoms with E-state index in [1.807, 2.05) is 51.1 Å². The Kier molecular flexibility index (Phi) is 6.18. The van der Waals surface area contributed by atoms with Crippen molar-refractivity contribution in [3.8, 4) is 11.5 Å². The number of nitrogens with one attached hydrogen (secondary N) is 2. The Morgan fingerprint density at radius 2 is 2.04 bits per heavy atom.